The maximum Gasteiger partial charge on any atom is 0.254 e. The monoisotopic (exact) mass is 336 g/mol. The molecular formula is C16H14Cl2N2O2. The van der Waals surface area contributed by atoms with Crippen molar-refractivity contribution < 1.29 is 9.53 Å². The van der Waals surface area contributed by atoms with Crippen molar-refractivity contribution in [2.75, 3.05) is 13.1 Å². The molecule has 1 aliphatic heterocycles. The molecule has 4 nitrogen and oxygen atoms in total. The largest absolute Gasteiger partial charge is 0.487 e. The lowest BCUT2D eigenvalue weighted by atomic mass is 10.2. The van der Waals surface area contributed by atoms with Crippen LogP contribution in [0.5, 0.6) is 5.75 Å². The van der Waals surface area contributed by atoms with E-state index in [2.05, 4.69) is 4.98 Å². The quantitative estimate of drug-likeness (QED) is 0.858. The number of ether oxygens (including phenoxy) is 1. The van der Waals surface area contributed by atoms with Gasteiger partial charge in [-0.05, 0) is 18.2 Å². The number of carbonyl (C=O) groups excluding carboxylic acids is 1. The van der Waals surface area contributed by atoms with Crippen LogP contribution in [-0.4, -0.2) is 35.0 Å². The van der Waals surface area contributed by atoms with Crippen molar-refractivity contribution in [3.8, 4) is 5.75 Å². The molecule has 0 N–H and O–H groups in total. The van der Waals surface area contributed by atoms with Gasteiger partial charge >= 0.3 is 0 Å². The summed E-state index contributed by atoms with van der Waals surface area (Å²) in [4.78, 5) is 18.1. The average Bonchev–Trinajstić information content (AvgIpc) is 2.97. The first kappa shape index (κ1) is 15.1. The molecule has 2 heterocycles. The zero-order valence-electron chi connectivity index (χ0n) is 11.7. The number of benzene rings is 1. The first-order valence-electron chi connectivity index (χ1n) is 6.94. The Morgan fingerprint density at radius 2 is 2.18 bits per heavy atom. The number of halogens is 2. The molecule has 114 valence electrons. The highest BCUT2D eigenvalue weighted by Gasteiger charge is 2.28. The van der Waals surface area contributed by atoms with Gasteiger partial charge < -0.3 is 9.64 Å². The van der Waals surface area contributed by atoms with Crippen LogP contribution in [0.4, 0.5) is 0 Å². The molecule has 0 radical (unpaired) electrons. The molecule has 1 aromatic carbocycles. The summed E-state index contributed by atoms with van der Waals surface area (Å²) in [6.07, 6.45) is 3.87. The summed E-state index contributed by atoms with van der Waals surface area (Å²) in [7, 11) is 0. The van der Waals surface area contributed by atoms with Gasteiger partial charge in [0.2, 0.25) is 0 Å². The molecule has 1 aliphatic rings. The van der Waals surface area contributed by atoms with Gasteiger partial charge in [0.1, 0.15) is 16.9 Å². The van der Waals surface area contributed by atoms with E-state index in [1.165, 1.54) is 0 Å². The number of nitrogens with zero attached hydrogens (tertiary/aromatic N) is 2. The fraction of sp³-hybridized carbons (Fsp3) is 0.250. The van der Waals surface area contributed by atoms with Crippen molar-refractivity contribution in [2.45, 2.75) is 12.5 Å². The zero-order chi connectivity index (χ0) is 15.5. The van der Waals surface area contributed by atoms with Crippen LogP contribution >= 0.6 is 23.2 Å². The van der Waals surface area contributed by atoms with Gasteiger partial charge in [-0.1, -0.05) is 29.3 Å². The van der Waals surface area contributed by atoms with E-state index in [0.717, 1.165) is 6.42 Å². The summed E-state index contributed by atoms with van der Waals surface area (Å²) < 4.78 is 5.85. The maximum absolute atomic E-state index is 12.4. The van der Waals surface area contributed by atoms with Crippen LogP contribution in [0.15, 0.2) is 42.7 Å². The fourth-order valence-corrected chi connectivity index (χ4v) is 2.80. The Balaban J connectivity index is 1.65. The Labute approximate surface area is 138 Å². The van der Waals surface area contributed by atoms with Crippen molar-refractivity contribution in [3.05, 3.63) is 58.3 Å². The van der Waals surface area contributed by atoms with Crippen LogP contribution in [0.25, 0.3) is 0 Å². The van der Waals surface area contributed by atoms with Gasteiger partial charge in [0, 0.05) is 42.0 Å². The van der Waals surface area contributed by atoms with Crippen LogP contribution in [0, 0.1) is 0 Å². The molecule has 1 amide bonds. The summed E-state index contributed by atoms with van der Waals surface area (Å²) in [6.45, 7) is 1.18. The van der Waals surface area contributed by atoms with E-state index in [4.69, 9.17) is 27.9 Å². The third-order valence-corrected chi connectivity index (χ3v) is 4.05. The molecule has 0 bridgehead atoms. The Hall–Kier alpha value is -1.78. The van der Waals surface area contributed by atoms with Crippen molar-refractivity contribution in [2.24, 2.45) is 0 Å². The van der Waals surface area contributed by atoms with Crippen molar-refractivity contribution >= 4 is 29.1 Å². The molecule has 1 fully saturated rings. The number of amides is 1. The van der Waals surface area contributed by atoms with Crippen LogP contribution in [0.2, 0.25) is 10.0 Å². The Morgan fingerprint density at radius 3 is 2.95 bits per heavy atom. The van der Waals surface area contributed by atoms with Crippen molar-refractivity contribution in [1.82, 2.24) is 9.88 Å². The molecule has 2 aromatic rings. The molecule has 0 spiro atoms. The maximum atomic E-state index is 12.4. The van der Waals surface area contributed by atoms with Gasteiger partial charge in [0.25, 0.3) is 5.91 Å². The van der Waals surface area contributed by atoms with Crippen LogP contribution < -0.4 is 4.74 Å². The molecule has 1 atom stereocenters. The average molecular weight is 337 g/mol. The van der Waals surface area contributed by atoms with Gasteiger partial charge in [0.05, 0.1) is 6.54 Å². The minimum Gasteiger partial charge on any atom is -0.487 e. The highest BCUT2D eigenvalue weighted by atomic mass is 35.5. The van der Waals surface area contributed by atoms with E-state index in [1.54, 1.807) is 47.6 Å². The molecule has 1 saturated heterocycles. The normalized spacial score (nSPS) is 17.5. The van der Waals surface area contributed by atoms with E-state index < -0.39 is 0 Å². The van der Waals surface area contributed by atoms with E-state index in [-0.39, 0.29) is 12.0 Å². The second kappa shape index (κ2) is 6.55. The highest BCUT2D eigenvalue weighted by Crippen LogP contribution is 2.26. The Kier molecular flexibility index (Phi) is 4.50. The number of hydrogen-bond acceptors (Lipinski definition) is 3. The fourth-order valence-electron chi connectivity index (χ4n) is 2.45. The molecule has 3 rings (SSSR count). The second-order valence-electron chi connectivity index (χ2n) is 5.10. The number of aromatic nitrogens is 1. The van der Waals surface area contributed by atoms with E-state index in [1.807, 2.05) is 0 Å². The third-order valence-electron chi connectivity index (χ3n) is 3.53. The first-order chi connectivity index (χ1) is 10.6. The van der Waals surface area contributed by atoms with E-state index in [9.17, 15) is 4.79 Å². The van der Waals surface area contributed by atoms with Gasteiger partial charge in [-0.3, -0.25) is 9.78 Å². The van der Waals surface area contributed by atoms with Crippen molar-refractivity contribution in [3.63, 3.8) is 0 Å². The lowest BCUT2D eigenvalue weighted by Crippen LogP contribution is -2.30. The zero-order valence-corrected chi connectivity index (χ0v) is 13.2. The lowest BCUT2D eigenvalue weighted by molar-refractivity contribution is 0.0772. The van der Waals surface area contributed by atoms with Crippen LogP contribution in [-0.2, 0) is 0 Å². The molecule has 0 saturated carbocycles. The summed E-state index contributed by atoms with van der Waals surface area (Å²) in [6, 6.07) is 8.69. The summed E-state index contributed by atoms with van der Waals surface area (Å²) in [5.74, 6) is 0.563. The Morgan fingerprint density at radius 1 is 1.32 bits per heavy atom. The van der Waals surface area contributed by atoms with Crippen LogP contribution in [0.3, 0.4) is 0 Å². The number of likely N-dealkylation sites (tertiary alicyclic amines) is 1. The van der Waals surface area contributed by atoms with Gasteiger partial charge in [0.15, 0.2) is 0 Å². The van der Waals surface area contributed by atoms with Crippen LogP contribution in [0.1, 0.15) is 16.8 Å². The smallest absolute Gasteiger partial charge is 0.254 e. The van der Waals surface area contributed by atoms with Gasteiger partial charge in [-0.25, -0.2) is 0 Å². The molecule has 6 heteroatoms. The van der Waals surface area contributed by atoms with Gasteiger partial charge in [-0.15, -0.1) is 0 Å². The summed E-state index contributed by atoms with van der Waals surface area (Å²) in [5, 5.41) is 1.03. The minimum absolute atomic E-state index is 0.0329. The topological polar surface area (TPSA) is 42.4 Å². The minimum atomic E-state index is -0.0666. The third kappa shape index (κ3) is 3.34. The lowest BCUT2D eigenvalue weighted by Gasteiger charge is -2.17. The predicted molar refractivity (Wildman–Crippen MR) is 85.6 cm³/mol. The molecule has 22 heavy (non-hydrogen) atoms. The molecule has 1 aromatic heterocycles. The Bertz CT molecular complexity index is 693. The summed E-state index contributed by atoms with van der Waals surface area (Å²) in [5.41, 5.74) is 0.593. The molecule has 0 unspecified atom stereocenters. The highest BCUT2D eigenvalue weighted by molar-refractivity contribution is 6.32. The number of rotatable bonds is 3. The standard InChI is InChI=1S/C16H14Cl2N2O2/c17-12-3-1-2-11(8-12)16(21)20-7-5-13(10-20)22-15-4-6-19-9-14(15)18/h1-4,6,8-9,13H,5,7,10H2/t13-/m1/s1. The van der Waals surface area contributed by atoms with E-state index in [0.29, 0.717) is 34.4 Å². The summed E-state index contributed by atoms with van der Waals surface area (Å²) >= 11 is 12.0. The molecular weight excluding hydrogens is 323 g/mol. The SMILES string of the molecule is O=C(c1cccc(Cl)c1)N1CC[C@@H](Oc2ccncc2Cl)C1. The molecule has 0 aliphatic carbocycles. The number of pyridine rings is 1. The number of carbonyl (C=O) groups is 1. The van der Waals surface area contributed by atoms with Gasteiger partial charge in [-0.2, -0.15) is 0 Å². The second-order valence-corrected chi connectivity index (χ2v) is 5.94. The predicted octanol–water partition coefficient (Wildman–Crippen LogP) is 3.68. The van der Waals surface area contributed by atoms with Crippen molar-refractivity contribution in [1.29, 1.82) is 0 Å². The first-order valence-corrected chi connectivity index (χ1v) is 7.70. The van der Waals surface area contributed by atoms with E-state index >= 15 is 0 Å². The number of hydrogen-bond donors (Lipinski definition) is 0.